The molecule has 0 N–H and O–H groups in total. The van der Waals surface area contributed by atoms with E-state index in [4.69, 9.17) is 0 Å². The van der Waals surface area contributed by atoms with Crippen LogP contribution in [0, 0.1) is 5.82 Å². The van der Waals surface area contributed by atoms with Gasteiger partial charge in [0.2, 0.25) is 5.91 Å². The molecule has 0 unspecified atom stereocenters. The lowest BCUT2D eigenvalue weighted by Gasteiger charge is -2.36. The molecule has 2 heterocycles. The van der Waals surface area contributed by atoms with Crippen LogP contribution in [0.4, 0.5) is 10.1 Å². The van der Waals surface area contributed by atoms with Crippen LogP contribution in [0.2, 0.25) is 0 Å². The van der Waals surface area contributed by atoms with Crippen LogP contribution in [0.25, 0.3) is 10.2 Å². The maximum absolute atomic E-state index is 13.0. The van der Waals surface area contributed by atoms with Crippen LogP contribution in [0.15, 0.2) is 52.9 Å². The summed E-state index contributed by atoms with van der Waals surface area (Å²) in [6, 6.07) is 14.5. The SMILES string of the molecule is O=C(CSc1nc2ccccc2s1)N1CCN(c2ccc(F)cc2)CC1. The fourth-order valence-electron chi connectivity index (χ4n) is 2.99. The highest BCUT2D eigenvalue weighted by atomic mass is 32.2. The Morgan fingerprint density at radius 3 is 2.54 bits per heavy atom. The van der Waals surface area contributed by atoms with Crippen LogP contribution >= 0.6 is 23.1 Å². The summed E-state index contributed by atoms with van der Waals surface area (Å²) < 4.78 is 15.1. The van der Waals surface area contributed by atoms with Crippen molar-refractivity contribution < 1.29 is 9.18 Å². The van der Waals surface area contributed by atoms with Crippen LogP contribution in [0.1, 0.15) is 0 Å². The monoisotopic (exact) mass is 387 g/mol. The number of thioether (sulfide) groups is 1. The number of benzene rings is 2. The molecule has 0 radical (unpaired) electrons. The van der Waals surface area contributed by atoms with Gasteiger partial charge in [-0.3, -0.25) is 4.79 Å². The number of thiazole rings is 1. The first kappa shape index (κ1) is 17.3. The topological polar surface area (TPSA) is 36.4 Å². The molecule has 0 atom stereocenters. The summed E-state index contributed by atoms with van der Waals surface area (Å²) in [6.07, 6.45) is 0. The second-order valence-corrected chi connectivity index (χ2v) is 8.33. The third-order valence-corrected chi connectivity index (χ3v) is 6.58. The van der Waals surface area contributed by atoms with Crippen molar-refractivity contribution >= 4 is 44.9 Å². The van der Waals surface area contributed by atoms with Gasteiger partial charge < -0.3 is 9.80 Å². The Hall–Kier alpha value is -2.12. The first-order chi connectivity index (χ1) is 12.7. The summed E-state index contributed by atoms with van der Waals surface area (Å²) in [4.78, 5) is 21.1. The van der Waals surface area contributed by atoms with Gasteiger partial charge in [0.05, 0.1) is 16.0 Å². The molecular formula is C19H18FN3OS2. The number of hydrogen-bond acceptors (Lipinski definition) is 5. The quantitative estimate of drug-likeness (QED) is 0.637. The maximum atomic E-state index is 13.0. The molecule has 1 aliphatic heterocycles. The Balaban J connectivity index is 1.30. The van der Waals surface area contributed by atoms with Crippen molar-refractivity contribution in [1.29, 1.82) is 0 Å². The highest BCUT2D eigenvalue weighted by molar-refractivity contribution is 8.01. The Kier molecular flexibility index (Phi) is 5.08. The summed E-state index contributed by atoms with van der Waals surface area (Å²) in [7, 11) is 0. The highest BCUT2D eigenvalue weighted by Crippen LogP contribution is 2.29. The zero-order valence-electron chi connectivity index (χ0n) is 14.1. The summed E-state index contributed by atoms with van der Waals surface area (Å²) in [6.45, 7) is 2.92. The Morgan fingerprint density at radius 2 is 1.81 bits per heavy atom. The molecule has 0 spiro atoms. The number of rotatable bonds is 4. The average molecular weight is 388 g/mol. The lowest BCUT2D eigenvalue weighted by Crippen LogP contribution is -2.49. The van der Waals surface area contributed by atoms with Gasteiger partial charge >= 0.3 is 0 Å². The molecule has 0 aliphatic carbocycles. The molecule has 26 heavy (non-hydrogen) atoms. The molecule has 2 aromatic carbocycles. The van der Waals surface area contributed by atoms with E-state index in [1.54, 1.807) is 23.5 Å². The predicted octanol–water partition coefficient (Wildman–Crippen LogP) is 3.88. The van der Waals surface area contributed by atoms with Crippen LogP contribution in [0.3, 0.4) is 0 Å². The third kappa shape index (κ3) is 3.83. The zero-order valence-corrected chi connectivity index (χ0v) is 15.7. The number of para-hydroxylation sites is 1. The molecular weight excluding hydrogens is 369 g/mol. The third-order valence-electron chi connectivity index (χ3n) is 4.42. The van der Waals surface area contributed by atoms with E-state index in [0.717, 1.165) is 33.3 Å². The normalized spacial score (nSPS) is 14.8. The molecule has 1 amide bonds. The Morgan fingerprint density at radius 1 is 1.08 bits per heavy atom. The predicted molar refractivity (Wildman–Crippen MR) is 106 cm³/mol. The van der Waals surface area contributed by atoms with Gasteiger partial charge in [-0.25, -0.2) is 9.37 Å². The number of halogens is 1. The van der Waals surface area contributed by atoms with E-state index >= 15 is 0 Å². The first-order valence-corrected chi connectivity index (χ1v) is 10.3. The van der Waals surface area contributed by atoms with Crippen LogP contribution in [0.5, 0.6) is 0 Å². The van der Waals surface area contributed by atoms with E-state index in [0.29, 0.717) is 18.8 Å². The standard InChI is InChI=1S/C19H18FN3OS2/c20-14-5-7-15(8-6-14)22-9-11-23(12-10-22)18(24)13-25-19-21-16-3-1-2-4-17(16)26-19/h1-8H,9-13H2. The second kappa shape index (κ2) is 7.63. The number of piperazine rings is 1. The van der Waals surface area contributed by atoms with E-state index in [2.05, 4.69) is 9.88 Å². The van der Waals surface area contributed by atoms with Crippen molar-refractivity contribution in [3.05, 3.63) is 54.3 Å². The smallest absolute Gasteiger partial charge is 0.233 e. The minimum atomic E-state index is -0.227. The zero-order chi connectivity index (χ0) is 17.9. The fraction of sp³-hybridized carbons (Fsp3) is 0.263. The number of fused-ring (bicyclic) bond motifs is 1. The molecule has 1 aliphatic rings. The van der Waals surface area contributed by atoms with Crippen molar-refractivity contribution in [1.82, 2.24) is 9.88 Å². The van der Waals surface area contributed by atoms with Crippen molar-refractivity contribution in [2.24, 2.45) is 0 Å². The lowest BCUT2D eigenvalue weighted by molar-refractivity contribution is -0.128. The largest absolute Gasteiger partial charge is 0.368 e. The molecule has 134 valence electrons. The summed E-state index contributed by atoms with van der Waals surface area (Å²) in [5, 5.41) is 0. The molecule has 4 rings (SSSR count). The van der Waals surface area contributed by atoms with Crippen molar-refractivity contribution in [3.8, 4) is 0 Å². The number of hydrogen-bond donors (Lipinski definition) is 0. The van der Waals surface area contributed by atoms with Gasteiger partial charge in [0.25, 0.3) is 0 Å². The van der Waals surface area contributed by atoms with Crippen LogP contribution in [-0.4, -0.2) is 47.7 Å². The maximum Gasteiger partial charge on any atom is 0.233 e. The fourth-order valence-corrected chi connectivity index (χ4v) is 4.96. The summed E-state index contributed by atoms with van der Waals surface area (Å²) in [5.41, 5.74) is 1.99. The highest BCUT2D eigenvalue weighted by Gasteiger charge is 2.21. The molecule has 4 nitrogen and oxygen atoms in total. The Bertz CT molecular complexity index is 872. The summed E-state index contributed by atoms with van der Waals surface area (Å²) >= 11 is 3.13. The van der Waals surface area contributed by atoms with E-state index in [1.165, 1.54) is 23.9 Å². The Labute approximate surface area is 159 Å². The van der Waals surface area contributed by atoms with E-state index in [1.807, 2.05) is 29.2 Å². The number of carbonyl (C=O) groups excluding carboxylic acids is 1. The van der Waals surface area contributed by atoms with Gasteiger partial charge in [0, 0.05) is 31.9 Å². The van der Waals surface area contributed by atoms with Crippen molar-refractivity contribution in [3.63, 3.8) is 0 Å². The minimum Gasteiger partial charge on any atom is -0.368 e. The van der Waals surface area contributed by atoms with E-state index in [-0.39, 0.29) is 11.7 Å². The number of anilines is 1. The van der Waals surface area contributed by atoms with Gasteiger partial charge in [0.1, 0.15) is 5.82 Å². The molecule has 3 aromatic rings. The number of amides is 1. The number of carbonyl (C=O) groups is 1. The number of aromatic nitrogens is 1. The van der Waals surface area contributed by atoms with Gasteiger partial charge in [-0.15, -0.1) is 11.3 Å². The summed E-state index contributed by atoms with van der Waals surface area (Å²) in [5.74, 6) is 0.332. The molecule has 7 heteroatoms. The first-order valence-electron chi connectivity index (χ1n) is 8.46. The average Bonchev–Trinajstić information content (AvgIpc) is 3.10. The van der Waals surface area contributed by atoms with Gasteiger partial charge in [-0.1, -0.05) is 23.9 Å². The van der Waals surface area contributed by atoms with Gasteiger partial charge in [-0.05, 0) is 36.4 Å². The number of nitrogens with zero attached hydrogens (tertiary/aromatic N) is 3. The lowest BCUT2D eigenvalue weighted by atomic mass is 10.2. The molecule has 1 fully saturated rings. The minimum absolute atomic E-state index is 0.146. The second-order valence-electron chi connectivity index (χ2n) is 6.08. The van der Waals surface area contributed by atoms with Crippen molar-refractivity contribution in [2.75, 3.05) is 36.8 Å². The van der Waals surface area contributed by atoms with Gasteiger partial charge in [0.15, 0.2) is 4.34 Å². The molecule has 1 aromatic heterocycles. The van der Waals surface area contributed by atoms with Gasteiger partial charge in [-0.2, -0.15) is 0 Å². The molecule has 1 saturated heterocycles. The molecule has 0 saturated carbocycles. The van der Waals surface area contributed by atoms with E-state index < -0.39 is 0 Å². The van der Waals surface area contributed by atoms with Crippen molar-refractivity contribution in [2.45, 2.75) is 4.34 Å². The van der Waals surface area contributed by atoms with Crippen LogP contribution in [-0.2, 0) is 4.79 Å². The molecule has 0 bridgehead atoms. The van der Waals surface area contributed by atoms with Crippen LogP contribution < -0.4 is 4.90 Å². The van der Waals surface area contributed by atoms with E-state index in [9.17, 15) is 9.18 Å².